The number of aryl methyl sites for hydroxylation is 14. The minimum Gasteiger partial charge on any atom is -0.352 e. The molecule has 4 N–H and O–H groups in total. The number of hydrogen-bond acceptors (Lipinski definition) is 12. The molecule has 16 heteroatoms. The minimum atomic E-state index is 0.0445. The Morgan fingerprint density at radius 2 is 0.485 bits per heavy atom. The number of aromatic nitrogens is 2. The number of hydrogen-bond donors (Lipinski definition) is 4. The van der Waals surface area contributed by atoms with Gasteiger partial charge in [0.2, 0.25) is 23.6 Å². The van der Waals surface area contributed by atoms with Crippen LogP contribution in [0, 0.1) is 125 Å². The molecule has 0 spiro atoms. The van der Waals surface area contributed by atoms with Gasteiger partial charge in [-0.25, -0.2) is 9.97 Å². The largest absolute Gasteiger partial charge is 0.352 e. The van der Waals surface area contributed by atoms with Gasteiger partial charge >= 0.3 is 0 Å². The Balaban J connectivity index is 0.000000176. The summed E-state index contributed by atoms with van der Waals surface area (Å²) in [6, 6.07) is 77.9. The highest BCUT2D eigenvalue weighted by Gasteiger charge is 2.19. The lowest BCUT2D eigenvalue weighted by Gasteiger charge is -2.14. The second-order valence-corrected chi connectivity index (χ2v) is 41.4. The minimum absolute atomic E-state index is 0.0445. The van der Waals surface area contributed by atoms with Crippen LogP contribution in [0.15, 0.2) is 229 Å². The van der Waals surface area contributed by atoms with Crippen LogP contribution in [-0.4, -0.2) is 56.6 Å². The van der Waals surface area contributed by atoms with Crippen molar-refractivity contribution in [3.05, 3.63) is 363 Å². The summed E-state index contributed by atoms with van der Waals surface area (Å²) >= 11 is 3.46. The van der Waals surface area contributed by atoms with E-state index in [4.69, 9.17) is 9.97 Å². The maximum Gasteiger partial charge on any atom is 0.221 e. The van der Waals surface area contributed by atoms with Gasteiger partial charge < -0.3 is 21.3 Å². The summed E-state index contributed by atoms with van der Waals surface area (Å²) in [4.78, 5) is 59.8. The van der Waals surface area contributed by atoms with Crippen molar-refractivity contribution >= 4 is 89.5 Å². The quantitative estimate of drug-likeness (QED) is 0.0232. The summed E-state index contributed by atoms with van der Waals surface area (Å²) in [6.45, 7) is 41.0. The fraction of sp³-hybridized carbons (Fsp3) is 0.281. The monoisotopic (exact) mass is 1830 g/mol. The van der Waals surface area contributed by atoms with E-state index in [1.54, 1.807) is 65.8 Å². The first kappa shape index (κ1) is 98.2. The smallest absolute Gasteiger partial charge is 0.221 e. The highest BCUT2D eigenvalue weighted by molar-refractivity contribution is 8.77. The van der Waals surface area contributed by atoms with Gasteiger partial charge in [-0.3, -0.25) is 19.2 Å². The number of nitrogens with zero attached hydrogens (tertiary/aromatic N) is 2. The molecule has 670 valence electrons. The Hall–Kier alpha value is -10.8. The van der Waals surface area contributed by atoms with Crippen LogP contribution in [-0.2, 0) is 58.2 Å². The molecule has 0 saturated carbocycles. The molecule has 2 heterocycles. The number of nitrogens with one attached hydrogen (secondary N) is 4. The van der Waals surface area contributed by atoms with E-state index in [0.717, 1.165) is 68.0 Å². The van der Waals surface area contributed by atoms with E-state index in [1.807, 2.05) is 0 Å². The first-order valence-corrected chi connectivity index (χ1v) is 51.7. The van der Waals surface area contributed by atoms with Crippen LogP contribution >= 0.6 is 65.8 Å². The Bertz CT molecular complexity index is 5990. The van der Waals surface area contributed by atoms with E-state index < -0.39 is 0 Å². The lowest BCUT2D eigenvalue weighted by atomic mass is 9.93. The molecule has 0 aliphatic carbocycles. The first-order valence-electron chi connectivity index (χ1n) is 45.0. The van der Waals surface area contributed by atoms with Crippen LogP contribution in [0.4, 0.5) is 0 Å². The normalized spacial score (nSPS) is 11.1. The lowest BCUT2D eigenvalue weighted by molar-refractivity contribution is -0.121. The molecule has 4 amide bonds. The Kier molecular flexibility index (Phi) is 35.8. The zero-order chi connectivity index (χ0) is 92.7. The van der Waals surface area contributed by atoms with Crippen LogP contribution in [0.1, 0.15) is 159 Å². The molecule has 0 aliphatic rings. The number of carbonyl (C=O) groups is 4. The van der Waals surface area contributed by atoms with Gasteiger partial charge in [-0.2, -0.15) is 0 Å². The third-order valence-corrected chi connectivity index (χ3v) is 31.7. The molecule has 0 bridgehead atoms. The highest BCUT2D eigenvalue weighted by atomic mass is 33.1. The topological polar surface area (TPSA) is 142 Å². The molecule has 10 nitrogen and oxygen atoms in total. The van der Waals surface area contributed by atoms with Crippen molar-refractivity contribution in [3.63, 3.8) is 0 Å². The number of amides is 4. The molecular weight excluding hydrogens is 1710 g/mol. The van der Waals surface area contributed by atoms with Crippen molar-refractivity contribution in [1.82, 2.24) is 31.2 Å². The standard InChI is InChI=1S/2C38H44N2O2S2.C38H36N2S2/c1-25-9-7-11-35(29(25)5)33-15-13-31(21-27(33)3)23-39-37(41)17-19-43-44-20-18-38(42)40-24-32-14-16-34(28(4)22-32)36-12-8-10-26(2)30(36)6;1-25-9-7-11-33(29(25)5)35-21-31(15-13-27(35)3)23-39-37(41)17-19-43-44-20-18-38(42)40-24-32-16-14-28(4)36(22-32)34-12-8-10-26(2)30(34)6;1-23-9-7-11-33(27(23)5)35-19-29(15-13-25(35)3)37-39-31(21-41-37)17-18-32-22-42-38(40-32)30-16-14-26(4)36(20-30)34-12-8-10-24(2)28(34)6/h2*7-16,21-22H,17-20,23-24H2,1-6H3,(H,39,41)(H,40,42);7-16,19-22H,17-18H2,1-6H3. The van der Waals surface area contributed by atoms with Gasteiger partial charge in [0.05, 0.1) is 11.4 Å². The zero-order valence-corrected chi connectivity index (χ0v) is 83.7. The maximum atomic E-state index is 12.5. The second kappa shape index (κ2) is 47.3. The average molecular weight is 1830 g/mol. The average Bonchev–Trinajstić information content (AvgIpc) is 1.55. The van der Waals surface area contributed by atoms with E-state index in [1.165, 1.54) is 178 Å². The SMILES string of the molecule is Cc1cc(CNC(=O)CCSSCCC(=O)NCc2ccc(-c3cccc(C)c3C)c(C)c2)ccc1-c1cccc(C)c1C.Cc1ccc(-c2nc(CCc3csc(-c4ccc(C)c(-c5cccc(C)c5C)c4)n3)cs2)cc1-c1cccc(C)c1C.Cc1ccc(CNC(=O)CCSSCCC(=O)NCc2ccc(C)c(-c3cccc(C)c3C)c2)cc1-c1cccc(C)c1C. The van der Waals surface area contributed by atoms with Crippen molar-refractivity contribution in [1.29, 1.82) is 0 Å². The molecule has 12 aromatic carbocycles. The molecule has 0 unspecified atom stereocenters. The molecule has 2 aromatic heterocycles. The van der Waals surface area contributed by atoms with Crippen molar-refractivity contribution in [2.24, 2.45) is 0 Å². The maximum absolute atomic E-state index is 12.5. The first-order chi connectivity index (χ1) is 62.5. The van der Waals surface area contributed by atoms with E-state index in [-0.39, 0.29) is 23.6 Å². The van der Waals surface area contributed by atoms with Crippen molar-refractivity contribution in [2.75, 3.05) is 23.0 Å². The fourth-order valence-electron chi connectivity index (χ4n) is 16.1. The Labute approximate surface area is 796 Å². The van der Waals surface area contributed by atoms with Crippen molar-refractivity contribution in [2.45, 2.75) is 189 Å². The second-order valence-electron chi connectivity index (χ2n) is 34.3. The predicted molar refractivity (Wildman–Crippen MR) is 562 cm³/mol. The molecule has 14 rings (SSSR count). The van der Waals surface area contributed by atoms with Crippen LogP contribution < -0.4 is 21.3 Å². The van der Waals surface area contributed by atoms with Gasteiger partial charge in [-0.15, -0.1) is 22.7 Å². The molecule has 0 saturated heterocycles. The Morgan fingerprint density at radius 1 is 0.246 bits per heavy atom. The summed E-state index contributed by atoms with van der Waals surface area (Å²) in [5.74, 6) is 3.04. The van der Waals surface area contributed by atoms with Crippen LogP contribution in [0.5, 0.6) is 0 Å². The van der Waals surface area contributed by atoms with Crippen LogP contribution in [0.25, 0.3) is 87.9 Å². The summed E-state index contributed by atoms with van der Waals surface area (Å²) in [7, 11) is 6.57. The number of thiazole rings is 2. The summed E-state index contributed by atoms with van der Waals surface area (Å²) in [5, 5.41) is 18.8. The zero-order valence-electron chi connectivity index (χ0n) is 78.8. The third kappa shape index (κ3) is 26.5. The summed E-state index contributed by atoms with van der Waals surface area (Å²) in [6.07, 6.45) is 3.60. The number of carbonyl (C=O) groups excluding carboxylic acids is 4. The van der Waals surface area contributed by atoms with Crippen molar-refractivity contribution < 1.29 is 19.2 Å². The van der Waals surface area contributed by atoms with Gasteiger partial charge in [-0.1, -0.05) is 237 Å². The number of benzene rings is 12. The highest BCUT2D eigenvalue weighted by Crippen LogP contribution is 2.39. The predicted octanol–water partition coefficient (Wildman–Crippen LogP) is 28.8. The van der Waals surface area contributed by atoms with E-state index in [0.29, 0.717) is 63.4 Å². The van der Waals surface area contributed by atoms with E-state index >= 15 is 0 Å². The summed E-state index contributed by atoms with van der Waals surface area (Å²) < 4.78 is 0. The van der Waals surface area contributed by atoms with E-state index in [9.17, 15) is 19.2 Å². The number of rotatable bonds is 33. The van der Waals surface area contributed by atoms with Crippen LogP contribution in [0.2, 0.25) is 0 Å². The molecule has 0 fully saturated rings. The summed E-state index contributed by atoms with van der Waals surface area (Å²) in [5.41, 5.74) is 47.3. The molecular formula is C114H124N6O4S6. The van der Waals surface area contributed by atoms with Crippen molar-refractivity contribution in [3.8, 4) is 87.9 Å². The molecule has 0 atom stereocenters. The van der Waals surface area contributed by atoms with Gasteiger partial charge in [0.25, 0.3) is 0 Å². The molecule has 130 heavy (non-hydrogen) atoms. The van der Waals surface area contributed by atoms with Gasteiger partial charge in [-0.05, 0) is 351 Å². The Morgan fingerprint density at radius 3 is 0.754 bits per heavy atom. The fourth-order valence-corrected chi connectivity index (χ4v) is 21.7. The van der Waals surface area contributed by atoms with Crippen LogP contribution in [0.3, 0.4) is 0 Å². The molecule has 0 aliphatic heterocycles. The molecule has 14 aromatic rings. The van der Waals surface area contributed by atoms with Gasteiger partial charge in [0.15, 0.2) is 0 Å². The third-order valence-electron chi connectivity index (χ3n) is 25.0. The molecule has 0 radical (unpaired) electrons. The van der Waals surface area contributed by atoms with E-state index in [2.05, 4.69) is 375 Å². The van der Waals surface area contributed by atoms with Gasteiger partial charge in [0, 0.05) is 96.8 Å². The lowest BCUT2D eigenvalue weighted by Crippen LogP contribution is -2.23. The van der Waals surface area contributed by atoms with Gasteiger partial charge in [0.1, 0.15) is 10.0 Å².